The van der Waals surface area contributed by atoms with Gasteiger partial charge in [0, 0.05) is 30.5 Å². The van der Waals surface area contributed by atoms with Crippen LogP contribution < -0.4 is 0 Å². The minimum absolute atomic E-state index is 0.788. The van der Waals surface area contributed by atoms with E-state index in [1.54, 1.807) is 6.20 Å². The number of benzene rings is 1. The van der Waals surface area contributed by atoms with Crippen molar-refractivity contribution in [2.75, 3.05) is 0 Å². The minimum atomic E-state index is 0.788. The third kappa shape index (κ3) is 1.92. The summed E-state index contributed by atoms with van der Waals surface area (Å²) in [5.41, 5.74) is 2.25. The second-order valence-corrected chi connectivity index (χ2v) is 4.39. The first-order chi connectivity index (χ1) is 8.34. The van der Waals surface area contributed by atoms with Crippen molar-refractivity contribution < 1.29 is 0 Å². The van der Waals surface area contributed by atoms with Crippen LogP contribution in [-0.4, -0.2) is 9.55 Å². The largest absolute Gasteiger partial charge is 0.342 e. The molecule has 0 fully saturated rings. The predicted molar refractivity (Wildman–Crippen MR) is 70.3 cm³/mol. The smallest absolute Gasteiger partial charge is 0.0672 e. The van der Waals surface area contributed by atoms with Crippen LogP contribution in [0.1, 0.15) is 5.56 Å². The van der Waals surface area contributed by atoms with Crippen LogP contribution in [0.4, 0.5) is 0 Å². The molecular formula is C14H11ClN2. The number of fused-ring (bicyclic) bond motifs is 1. The number of hydrogen-bond acceptors (Lipinski definition) is 1. The molecule has 0 aliphatic rings. The lowest BCUT2D eigenvalue weighted by Gasteiger charge is -2.06. The van der Waals surface area contributed by atoms with Gasteiger partial charge in [0.2, 0.25) is 0 Å². The van der Waals surface area contributed by atoms with Crippen molar-refractivity contribution in [2.45, 2.75) is 6.54 Å². The molecule has 0 N–H and O–H groups in total. The third-order valence-corrected chi connectivity index (χ3v) is 3.12. The number of nitrogens with zero attached hydrogens (tertiary/aromatic N) is 2. The fourth-order valence-electron chi connectivity index (χ4n) is 2.03. The number of pyridine rings is 1. The molecule has 0 atom stereocenters. The lowest BCUT2D eigenvalue weighted by atomic mass is 10.2. The van der Waals surface area contributed by atoms with Gasteiger partial charge in [-0.05, 0) is 23.8 Å². The number of halogens is 1. The van der Waals surface area contributed by atoms with E-state index in [0.29, 0.717) is 0 Å². The van der Waals surface area contributed by atoms with E-state index in [4.69, 9.17) is 11.6 Å². The van der Waals surface area contributed by atoms with Gasteiger partial charge in [-0.15, -0.1) is 0 Å². The molecule has 2 heterocycles. The van der Waals surface area contributed by atoms with Crippen LogP contribution >= 0.6 is 11.6 Å². The quantitative estimate of drug-likeness (QED) is 0.669. The molecule has 0 saturated carbocycles. The van der Waals surface area contributed by atoms with Gasteiger partial charge in [0.25, 0.3) is 0 Å². The van der Waals surface area contributed by atoms with Gasteiger partial charge in [0.1, 0.15) is 0 Å². The molecule has 0 bridgehead atoms. The van der Waals surface area contributed by atoms with Gasteiger partial charge in [0.15, 0.2) is 0 Å². The monoisotopic (exact) mass is 242 g/mol. The Morgan fingerprint density at radius 1 is 1.12 bits per heavy atom. The number of rotatable bonds is 2. The summed E-state index contributed by atoms with van der Waals surface area (Å²) in [5.74, 6) is 0. The first-order valence-electron chi connectivity index (χ1n) is 5.47. The van der Waals surface area contributed by atoms with Crippen molar-refractivity contribution in [1.82, 2.24) is 9.55 Å². The van der Waals surface area contributed by atoms with Crippen LogP contribution in [-0.2, 0) is 6.54 Å². The zero-order valence-electron chi connectivity index (χ0n) is 9.18. The van der Waals surface area contributed by atoms with Crippen LogP contribution in [0.15, 0.2) is 55.0 Å². The van der Waals surface area contributed by atoms with Crippen molar-refractivity contribution in [1.29, 1.82) is 0 Å². The minimum Gasteiger partial charge on any atom is -0.342 e. The van der Waals surface area contributed by atoms with Gasteiger partial charge in [-0.25, -0.2) is 0 Å². The van der Waals surface area contributed by atoms with E-state index in [9.17, 15) is 0 Å². The van der Waals surface area contributed by atoms with Crippen molar-refractivity contribution in [3.63, 3.8) is 0 Å². The Kier molecular flexibility index (Phi) is 2.57. The van der Waals surface area contributed by atoms with E-state index in [1.807, 2.05) is 24.4 Å². The average molecular weight is 243 g/mol. The van der Waals surface area contributed by atoms with Crippen LogP contribution in [0, 0.1) is 0 Å². The second-order valence-electron chi connectivity index (χ2n) is 3.98. The number of para-hydroxylation sites is 1. The first-order valence-corrected chi connectivity index (χ1v) is 5.84. The Bertz CT molecular complexity index is 644. The van der Waals surface area contributed by atoms with Crippen LogP contribution in [0.3, 0.4) is 0 Å². The maximum absolute atomic E-state index is 6.23. The lowest BCUT2D eigenvalue weighted by Crippen LogP contribution is -1.98. The fraction of sp³-hybridized carbons (Fsp3) is 0.0714. The van der Waals surface area contributed by atoms with Crippen molar-refractivity contribution in [3.8, 4) is 0 Å². The zero-order chi connectivity index (χ0) is 11.7. The van der Waals surface area contributed by atoms with Gasteiger partial charge in [-0.3, -0.25) is 4.98 Å². The van der Waals surface area contributed by atoms with E-state index >= 15 is 0 Å². The molecule has 17 heavy (non-hydrogen) atoms. The van der Waals surface area contributed by atoms with E-state index in [-0.39, 0.29) is 0 Å². The summed E-state index contributed by atoms with van der Waals surface area (Å²) >= 11 is 6.23. The fourth-order valence-corrected chi connectivity index (χ4v) is 2.32. The molecule has 0 spiro atoms. The summed E-state index contributed by atoms with van der Waals surface area (Å²) in [6.45, 7) is 0.793. The Hall–Kier alpha value is -1.80. The summed E-state index contributed by atoms with van der Waals surface area (Å²) < 4.78 is 2.15. The molecule has 0 radical (unpaired) electrons. The summed E-state index contributed by atoms with van der Waals surface area (Å²) in [7, 11) is 0. The van der Waals surface area contributed by atoms with Crippen molar-refractivity contribution in [3.05, 3.63) is 65.6 Å². The Balaban J connectivity index is 2.07. The van der Waals surface area contributed by atoms with E-state index in [1.165, 1.54) is 10.9 Å². The van der Waals surface area contributed by atoms with Crippen molar-refractivity contribution in [2.24, 2.45) is 0 Å². The van der Waals surface area contributed by atoms with Gasteiger partial charge in [-0.2, -0.15) is 0 Å². The normalized spacial score (nSPS) is 10.9. The maximum Gasteiger partial charge on any atom is 0.0672 e. The average Bonchev–Trinajstić information content (AvgIpc) is 2.75. The van der Waals surface area contributed by atoms with Crippen LogP contribution in [0.25, 0.3) is 10.9 Å². The zero-order valence-corrected chi connectivity index (χ0v) is 9.93. The molecule has 0 unspecified atom stereocenters. The second kappa shape index (κ2) is 4.22. The molecule has 2 aromatic heterocycles. The maximum atomic E-state index is 6.23. The van der Waals surface area contributed by atoms with Gasteiger partial charge in [0.05, 0.1) is 10.5 Å². The Morgan fingerprint density at radius 3 is 2.88 bits per heavy atom. The molecule has 3 heteroatoms. The highest BCUT2D eigenvalue weighted by atomic mass is 35.5. The molecule has 1 aromatic carbocycles. The molecular weight excluding hydrogens is 232 g/mol. The van der Waals surface area contributed by atoms with Gasteiger partial charge < -0.3 is 4.57 Å². The topological polar surface area (TPSA) is 17.8 Å². The van der Waals surface area contributed by atoms with Gasteiger partial charge in [-0.1, -0.05) is 29.8 Å². The number of aromatic nitrogens is 2. The highest BCUT2D eigenvalue weighted by Gasteiger charge is 2.05. The Morgan fingerprint density at radius 2 is 2.06 bits per heavy atom. The highest BCUT2D eigenvalue weighted by Crippen LogP contribution is 2.24. The molecule has 2 nitrogen and oxygen atoms in total. The first kappa shape index (κ1) is 10.4. The van der Waals surface area contributed by atoms with E-state index in [0.717, 1.165) is 17.1 Å². The molecule has 0 amide bonds. The molecule has 3 aromatic rings. The van der Waals surface area contributed by atoms with Crippen LogP contribution in [0.5, 0.6) is 0 Å². The summed E-state index contributed by atoms with van der Waals surface area (Å²) in [4.78, 5) is 4.12. The predicted octanol–water partition coefficient (Wildman–Crippen LogP) is 3.74. The van der Waals surface area contributed by atoms with E-state index < -0.39 is 0 Å². The molecule has 0 aliphatic carbocycles. The molecule has 84 valence electrons. The van der Waals surface area contributed by atoms with Crippen molar-refractivity contribution >= 4 is 22.5 Å². The SMILES string of the molecule is Clc1cccc2ccn(Cc3cccnc3)c12. The molecule has 0 saturated heterocycles. The van der Waals surface area contributed by atoms with Gasteiger partial charge >= 0.3 is 0 Å². The molecule has 0 aliphatic heterocycles. The summed E-state index contributed by atoms with van der Waals surface area (Å²) in [6, 6.07) is 12.1. The third-order valence-electron chi connectivity index (χ3n) is 2.81. The molecule has 3 rings (SSSR count). The Labute approximate surface area is 104 Å². The summed E-state index contributed by atoms with van der Waals surface area (Å²) in [6.07, 6.45) is 5.72. The van der Waals surface area contributed by atoms with E-state index in [2.05, 4.69) is 33.9 Å². The highest BCUT2D eigenvalue weighted by molar-refractivity contribution is 6.35. The lowest BCUT2D eigenvalue weighted by molar-refractivity contribution is 0.832. The summed E-state index contributed by atoms with van der Waals surface area (Å²) in [5, 5.41) is 1.96. The van der Waals surface area contributed by atoms with Crippen LogP contribution in [0.2, 0.25) is 5.02 Å². The number of hydrogen-bond donors (Lipinski definition) is 0. The standard InChI is InChI=1S/C14H11ClN2/c15-13-5-1-4-12-6-8-17(14(12)13)10-11-3-2-7-16-9-11/h1-9H,10H2.